The first-order valence-corrected chi connectivity index (χ1v) is 4.94. The van der Waals surface area contributed by atoms with Gasteiger partial charge in [-0.3, -0.25) is 4.79 Å². The molecule has 0 aliphatic carbocycles. The van der Waals surface area contributed by atoms with Gasteiger partial charge in [0.05, 0.1) is 11.6 Å². The van der Waals surface area contributed by atoms with E-state index < -0.39 is 23.6 Å². The summed E-state index contributed by atoms with van der Waals surface area (Å²) >= 11 is 0. The van der Waals surface area contributed by atoms with Crippen molar-refractivity contribution >= 4 is 5.78 Å². The van der Waals surface area contributed by atoms with Gasteiger partial charge in [0.1, 0.15) is 0 Å². The molecule has 1 atom stereocenters. The van der Waals surface area contributed by atoms with E-state index in [-0.39, 0.29) is 12.0 Å². The van der Waals surface area contributed by atoms with Crippen molar-refractivity contribution in [3.05, 3.63) is 48.0 Å². The molecule has 5 heteroatoms. The zero-order chi connectivity index (χ0) is 13.1. The second kappa shape index (κ2) is 5.14. The Morgan fingerprint density at radius 1 is 1.47 bits per heavy atom. The second-order valence-corrected chi connectivity index (χ2v) is 3.57. The Morgan fingerprint density at radius 2 is 2.12 bits per heavy atom. The van der Waals surface area contributed by atoms with Crippen LogP contribution in [0.4, 0.5) is 13.2 Å². The van der Waals surface area contributed by atoms with Crippen LogP contribution in [0.3, 0.4) is 0 Å². The first-order chi connectivity index (χ1) is 7.86. The van der Waals surface area contributed by atoms with Gasteiger partial charge in [0, 0.05) is 5.56 Å². The van der Waals surface area contributed by atoms with Crippen LogP contribution in [0.1, 0.15) is 22.3 Å². The highest BCUT2D eigenvalue weighted by Gasteiger charge is 2.31. The van der Waals surface area contributed by atoms with Gasteiger partial charge >= 0.3 is 6.18 Å². The van der Waals surface area contributed by atoms with E-state index in [1.165, 1.54) is 18.2 Å². The van der Waals surface area contributed by atoms with Crippen LogP contribution in [0, 0.1) is 0 Å². The number of halogens is 3. The standard InChI is InChI=1S/C12H12F3NO/c1-2-4-10(16)11(17)8-5-3-6-9(7-8)12(13,14)15/h2-3,5-7,10H,1,4,16H2. The van der Waals surface area contributed by atoms with Crippen molar-refractivity contribution in [2.75, 3.05) is 0 Å². The van der Waals surface area contributed by atoms with Crippen molar-refractivity contribution in [2.24, 2.45) is 5.73 Å². The number of benzene rings is 1. The van der Waals surface area contributed by atoms with Gasteiger partial charge in [-0.05, 0) is 18.6 Å². The highest BCUT2D eigenvalue weighted by atomic mass is 19.4. The summed E-state index contributed by atoms with van der Waals surface area (Å²) in [6.07, 6.45) is -2.77. The second-order valence-electron chi connectivity index (χ2n) is 3.57. The number of nitrogens with two attached hydrogens (primary N) is 1. The molecule has 0 spiro atoms. The summed E-state index contributed by atoms with van der Waals surface area (Å²) in [6, 6.07) is 3.38. The van der Waals surface area contributed by atoms with Crippen LogP contribution >= 0.6 is 0 Å². The molecule has 1 unspecified atom stereocenters. The fraction of sp³-hybridized carbons (Fsp3) is 0.250. The number of alkyl halides is 3. The Kier molecular flexibility index (Phi) is 4.07. The fourth-order valence-corrected chi connectivity index (χ4v) is 1.35. The predicted molar refractivity (Wildman–Crippen MR) is 58.6 cm³/mol. The zero-order valence-corrected chi connectivity index (χ0v) is 9.00. The number of carbonyl (C=O) groups is 1. The largest absolute Gasteiger partial charge is 0.416 e. The SMILES string of the molecule is C=CCC(N)C(=O)c1cccc(C(F)(F)F)c1. The van der Waals surface area contributed by atoms with Gasteiger partial charge in [-0.1, -0.05) is 18.2 Å². The van der Waals surface area contributed by atoms with Crippen molar-refractivity contribution in [3.63, 3.8) is 0 Å². The molecule has 0 saturated carbocycles. The molecule has 0 amide bonds. The highest BCUT2D eigenvalue weighted by molar-refractivity contribution is 6.00. The van der Waals surface area contributed by atoms with E-state index in [0.29, 0.717) is 0 Å². The van der Waals surface area contributed by atoms with Crippen LogP contribution in [0.5, 0.6) is 0 Å². The molecule has 2 N–H and O–H groups in total. The molecule has 0 aliphatic rings. The number of hydrogen-bond acceptors (Lipinski definition) is 2. The normalized spacial score (nSPS) is 13.2. The number of ketones is 1. The molecular weight excluding hydrogens is 231 g/mol. The van der Waals surface area contributed by atoms with Crippen LogP contribution in [0.25, 0.3) is 0 Å². The third kappa shape index (κ3) is 3.42. The molecule has 0 fully saturated rings. The molecule has 1 rings (SSSR count). The lowest BCUT2D eigenvalue weighted by Gasteiger charge is -2.11. The van der Waals surface area contributed by atoms with Gasteiger partial charge in [0.25, 0.3) is 0 Å². The Labute approximate surface area is 96.9 Å². The molecule has 92 valence electrons. The summed E-state index contributed by atoms with van der Waals surface area (Å²) in [4.78, 5) is 11.7. The average molecular weight is 243 g/mol. The van der Waals surface area contributed by atoms with Gasteiger partial charge in [-0.25, -0.2) is 0 Å². The molecule has 17 heavy (non-hydrogen) atoms. The molecule has 2 nitrogen and oxygen atoms in total. The van der Waals surface area contributed by atoms with E-state index >= 15 is 0 Å². The maximum atomic E-state index is 12.4. The van der Waals surface area contributed by atoms with E-state index in [9.17, 15) is 18.0 Å². The predicted octanol–water partition coefficient (Wildman–Crippen LogP) is 2.79. The summed E-state index contributed by atoms with van der Waals surface area (Å²) in [6.45, 7) is 3.42. The van der Waals surface area contributed by atoms with Crippen LogP contribution in [0.15, 0.2) is 36.9 Å². The van der Waals surface area contributed by atoms with Crippen LogP contribution in [-0.2, 0) is 6.18 Å². The third-order valence-corrected chi connectivity index (χ3v) is 2.23. The lowest BCUT2D eigenvalue weighted by molar-refractivity contribution is -0.137. The summed E-state index contributed by atoms with van der Waals surface area (Å²) < 4.78 is 37.3. The van der Waals surface area contributed by atoms with Crippen LogP contribution < -0.4 is 5.73 Å². The molecule has 0 saturated heterocycles. The maximum absolute atomic E-state index is 12.4. The van der Waals surface area contributed by atoms with Crippen LogP contribution in [0.2, 0.25) is 0 Å². The quantitative estimate of drug-likeness (QED) is 0.652. The lowest BCUT2D eigenvalue weighted by atomic mass is 10.0. The number of Topliss-reactive ketones (excluding diaryl/α,β-unsaturated/α-hetero) is 1. The minimum atomic E-state index is -4.46. The molecule has 0 bridgehead atoms. The van der Waals surface area contributed by atoms with Crippen LogP contribution in [-0.4, -0.2) is 11.8 Å². The minimum Gasteiger partial charge on any atom is -0.321 e. The monoisotopic (exact) mass is 243 g/mol. The van der Waals surface area contributed by atoms with Gasteiger partial charge in [0.15, 0.2) is 5.78 Å². The number of rotatable bonds is 4. The smallest absolute Gasteiger partial charge is 0.321 e. The molecular formula is C12H12F3NO. The molecule has 0 heterocycles. The summed E-state index contributed by atoms with van der Waals surface area (Å²) in [5, 5.41) is 0. The van der Waals surface area contributed by atoms with Gasteiger partial charge in [-0.2, -0.15) is 13.2 Å². The Balaban J connectivity index is 3.00. The minimum absolute atomic E-state index is 0.0332. The zero-order valence-electron chi connectivity index (χ0n) is 9.00. The maximum Gasteiger partial charge on any atom is 0.416 e. The third-order valence-electron chi connectivity index (χ3n) is 2.23. The van der Waals surface area contributed by atoms with E-state index in [0.717, 1.165) is 12.1 Å². The van der Waals surface area contributed by atoms with Crippen molar-refractivity contribution in [3.8, 4) is 0 Å². The van der Waals surface area contributed by atoms with Gasteiger partial charge in [-0.15, -0.1) is 6.58 Å². The fourth-order valence-electron chi connectivity index (χ4n) is 1.35. The van der Waals surface area contributed by atoms with Gasteiger partial charge in [0.2, 0.25) is 0 Å². The van der Waals surface area contributed by atoms with E-state index in [1.54, 1.807) is 0 Å². The van der Waals surface area contributed by atoms with E-state index in [2.05, 4.69) is 6.58 Å². The first kappa shape index (κ1) is 13.4. The van der Waals surface area contributed by atoms with E-state index in [1.807, 2.05) is 0 Å². The number of hydrogen-bond donors (Lipinski definition) is 1. The molecule has 0 aromatic heterocycles. The van der Waals surface area contributed by atoms with Crippen molar-refractivity contribution in [1.82, 2.24) is 0 Å². The van der Waals surface area contributed by atoms with Crippen molar-refractivity contribution in [2.45, 2.75) is 18.6 Å². The molecule has 0 radical (unpaired) electrons. The van der Waals surface area contributed by atoms with Crippen molar-refractivity contribution < 1.29 is 18.0 Å². The Morgan fingerprint density at radius 3 is 2.65 bits per heavy atom. The topological polar surface area (TPSA) is 43.1 Å². The summed E-state index contributed by atoms with van der Waals surface area (Å²) in [5.41, 5.74) is 4.63. The first-order valence-electron chi connectivity index (χ1n) is 4.94. The van der Waals surface area contributed by atoms with Crippen molar-refractivity contribution in [1.29, 1.82) is 0 Å². The summed E-state index contributed by atoms with van der Waals surface area (Å²) in [5.74, 6) is -0.518. The molecule has 1 aromatic carbocycles. The number of carbonyl (C=O) groups excluding carboxylic acids is 1. The average Bonchev–Trinajstić information content (AvgIpc) is 2.27. The Bertz CT molecular complexity index is 426. The van der Waals surface area contributed by atoms with E-state index in [4.69, 9.17) is 5.73 Å². The van der Waals surface area contributed by atoms with Gasteiger partial charge < -0.3 is 5.73 Å². The molecule has 1 aromatic rings. The molecule has 0 aliphatic heterocycles. The Hall–Kier alpha value is -1.62. The highest BCUT2D eigenvalue weighted by Crippen LogP contribution is 2.29. The lowest BCUT2D eigenvalue weighted by Crippen LogP contribution is -2.30. The summed E-state index contributed by atoms with van der Waals surface area (Å²) in [7, 11) is 0.